The van der Waals surface area contributed by atoms with Gasteiger partial charge >= 0.3 is 5.97 Å². The Labute approximate surface area is 132 Å². The number of hydrogen-bond acceptors (Lipinski definition) is 4. The van der Waals surface area contributed by atoms with Gasteiger partial charge in [-0.1, -0.05) is 36.4 Å². The summed E-state index contributed by atoms with van der Waals surface area (Å²) in [6, 6.07) is 16.1. The van der Waals surface area contributed by atoms with Crippen molar-refractivity contribution in [2.75, 3.05) is 7.11 Å². The van der Waals surface area contributed by atoms with Crippen molar-refractivity contribution in [1.82, 2.24) is 0 Å². The third kappa shape index (κ3) is 3.21. The molecule has 4 heteroatoms. The number of fused-ring (bicyclic) bond motifs is 1. The van der Waals surface area contributed by atoms with Crippen LogP contribution in [0, 0.1) is 0 Å². The van der Waals surface area contributed by atoms with E-state index in [9.17, 15) is 9.59 Å². The highest BCUT2D eigenvalue weighted by molar-refractivity contribution is 5.88. The molecule has 0 spiro atoms. The Morgan fingerprint density at radius 2 is 1.87 bits per heavy atom. The zero-order chi connectivity index (χ0) is 16.2. The van der Waals surface area contributed by atoms with Gasteiger partial charge in [0.15, 0.2) is 5.43 Å². The fraction of sp³-hybridized carbons (Fsp3) is 0.0526. The fourth-order valence-electron chi connectivity index (χ4n) is 2.25. The molecule has 0 radical (unpaired) electrons. The first kappa shape index (κ1) is 14.8. The van der Waals surface area contributed by atoms with Crippen LogP contribution in [0.15, 0.2) is 69.9 Å². The first-order valence-corrected chi connectivity index (χ1v) is 7.07. The summed E-state index contributed by atoms with van der Waals surface area (Å²) in [5, 5.41) is 0.469. The molecule has 0 amide bonds. The number of ether oxygens (including phenoxy) is 1. The van der Waals surface area contributed by atoms with Crippen LogP contribution >= 0.6 is 0 Å². The van der Waals surface area contributed by atoms with Crippen molar-refractivity contribution < 1.29 is 13.9 Å². The molecule has 114 valence electrons. The van der Waals surface area contributed by atoms with E-state index in [1.165, 1.54) is 19.3 Å². The van der Waals surface area contributed by atoms with E-state index in [4.69, 9.17) is 4.42 Å². The molecular formula is C19H14O4. The second-order valence-electron chi connectivity index (χ2n) is 4.95. The normalized spacial score (nSPS) is 11.0. The minimum absolute atomic E-state index is 0.126. The lowest BCUT2D eigenvalue weighted by atomic mass is 10.1. The van der Waals surface area contributed by atoms with Gasteiger partial charge in [-0.05, 0) is 23.8 Å². The smallest absolute Gasteiger partial charge is 0.330 e. The molecule has 2 aromatic carbocycles. The first-order valence-electron chi connectivity index (χ1n) is 7.07. The largest absolute Gasteiger partial charge is 0.466 e. The van der Waals surface area contributed by atoms with Crippen LogP contribution in [0.25, 0.3) is 28.4 Å². The Bertz CT molecular complexity index is 936. The van der Waals surface area contributed by atoms with Crippen LogP contribution in [0.2, 0.25) is 0 Å². The van der Waals surface area contributed by atoms with Crippen LogP contribution in [0.5, 0.6) is 0 Å². The highest BCUT2D eigenvalue weighted by Crippen LogP contribution is 2.22. The van der Waals surface area contributed by atoms with E-state index >= 15 is 0 Å². The van der Waals surface area contributed by atoms with E-state index in [-0.39, 0.29) is 5.43 Å². The number of carbonyl (C=O) groups is 1. The lowest BCUT2D eigenvalue weighted by Gasteiger charge is -2.04. The lowest BCUT2D eigenvalue weighted by molar-refractivity contribution is -0.134. The summed E-state index contributed by atoms with van der Waals surface area (Å²) in [7, 11) is 1.31. The molecule has 0 N–H and O–H groups in total. The number of methoxy groups -OCH3 is 1. The van der Waals surface area contributed by atoms with Gasteiger partial charge in [-0.25, -0.2) is 4.79 Å². The number of esters is 1. The van der Waals surface area contributed by atoms with E-state index in [2.05, 4.69) is 4.74 Å². The average Bonchev–Trinajstić information content (AvgIpc) is 2.60. The number of rotatable bonds is 3. The highest BCUT2D eigenvalue weighted by Gasteiger charge is 2.07. The van der Waals surface area contributed by atoms with Gasteiger partial charge in [0, 0.05) is 17.7 Å². The van der Waals surface area contributed by atoms with Gasteiger partial charge < -0.3 is 9.15 Å². The van der Waals surface area contributed by atoms with E-state index in [1.807, 2.05) is 30.3 Å². The third-order valence-corrected chi connectivity index (χ3v) is 3.42. The van der Waals surface area contributed by atoms with Crippen molar-refractivity contribution >= 4 is 23.0 Å². The van der Waals surface area contributed by atoms with Gasteiger partial charge in [0.1, 0.15) is 11.3 Å². The molecular weight excluding hydrogens is 292 g/mol. The van der Waals surface area contributed by atoms with Gasteiger partial charge in [-0.3, -0.25) is 4.79 Å². The van der Waals surface area contributed by atoms with E-state index < -0.39 is 5.97 Å². The SMILES string of the molecule is COC(=O)/C=C/c1ccc2oc(-c3ccccc3)cc(=O)c2c1. The number of carbonyl (C=O) groups excluding carboxylic acids is 1. The predicted octanol–water partition coefficient (Wildman–Crippen LogP) is 3.65. The summed E-state index contributed by atoms with van der Waals surface area (Å²) in [5.41, 5.74) is 1.95. The molecule has 0 bridgehead atoms. The van der Waals surface area contributed by atoms with Crippen LogP contribution in [0.1, 0.15) is 5.56 Å². The zero-order valence-corrected chi connectivity index (χ0v) is 12.5. The van der Waals surface area contributed by atoms with E-state index in [0.717, 1.165) is 11.1 Å². The Hall–Kier alpha value is -3.14. The monoisotopic (exact) mass is 306 g/mol. The predicted molar refractivity (Wildman–Crippen MR) is 89.0 cm³/mol. The zero-order valence-electron chi connectivity index (χ0n) is 12.5. The van der Waals surface area contributed by atoms with Crippen molar-refractivity contribution in [2.24, 2.45) is 0 Å². The van der Waals surface area contributed by atoms with Crippen LogP contribution in [0.3, 0.4) is 0 Å². The molecule has 3 rings (SSSR count). The molecule has 23 heavy (non-hydrogen) atoms. The van der Waals surface area contributed by atoms with Gasteiger partial charge in [-0.2, -0.15) is 0 Å². The summed E-state index contributed by atoms with van der Waals surface area (Å²) < 4.78 is 10.4. The summed E-state index contributed by atoms with van der Waals surface area (Å²) in [5.74, 6) is 0.0810. The number of hydrogen-bond donors (Lipinski definition) is 0. The maximum Gasteiger partial charge on any atom is 0.330 e. The van der Waals surface area contributed by atoms with Crippen LogP contribution in [-0.4, -0.2) is 13.1 Å². The second kappa shape index (κ2) is 6.32. The summed E-state index contributed by atoms with van der Waals surface area (Å²) in [6.07, 6.45) is 2.90. The lowest BCUT2D eigenvalue weighted by Crippen LogP contribution is -2.00. The minimum Gasteiger partial charge on any atom is -0.466 e. The van der Waals surface area contributed by atoms with Crippen LogP contribution < -0.4 is 5.43 Å². The fourth-order valence-corrected chi connectivity index (χ4v) is 2.25. The highest BCUT2D eigenvalue weighted by atomic mass is 16.5. The molecule has 0 fully saturated rings. The Morgan fingerprint density at radius 3 is 2.61 bits per heavy atom. The Morgan fingerprint density at radius 1 is 1.09 bits per heavy atom. The molecule has 1 heterocycles. The van der Waals surface area contributed by atoms with Gasteiger partial charge in [0.05, 0.1) is 12.5 Å². The van der Waals surface area contributed by atoms with Crippen molar-refractivity contribution in [3.8, 4) is 11.3 Å². The Kier molecular flexibility index (Phi) is 4.06. The maximum absolute atomic E-state index is 12.3. The maximum atomic E-state index is 12.3. The molecule has 0 saturated heterocycles. The topological polar surface area (TPSA) is 56.5 Å². The molecule has 0 unspecified atom stereocenters. The molecule has 3 aromatic rings. The molecule has 0 aliphatic carbocycles. The van der Waals surface area contributed by atoms with Crippen LogP contribution in [-0.2, 0) is 9.53 Å². The molecule has 0 saturated carbocycles. The number of benzene rings is 2. The minimum atomic E-state index is -0.448. The summed E-state index contributed by atoms with van der Waals surface area (Å²) in [4.78, 5) is 23.5. The molecule has 0 aliphatic heterocycles. The molecule has 4 nitrogen and oxygen atoms in total. The van der Waals surface area contributed by atoms with Crippen molar-refractivity contribution in [2.45, 2.75) is 0 Å². The van der Waals surface area contributed by atoms with E-state index in [0.29, 0.717) is 16.7 Å². The second-order valence-corrected chi connectivity index (χ2v) is 4.95. The van der Waals surface area contributed by atoms with Crippen LogP contribution in [0.4, 0.5) is 0 Å². The first-order chi connectivity index (χ1) is 11.2. The molecule has 1 aromatic heterocycles. The quantitative estimate of drug-likeness (QED) is 0.547. The van der Waals surface area contributed by atoms with Crippen molar-refractivity contribution in [3.63, 3.8) is 0 Å². The standard InChI is InChI=1S/C19H14O4/c1-22-19(21)10-8-13-7-9-17-15(11-13)16(20)12-18(23-17)14-5-3-2-4-6-14/h2-12H,1H3/b10-8+. The molecule has 0 aliphatic rings. The summed E-state index contributed by atoms with van der Waals surface area (Å²) >= 11 is 0. The molecule has 0 atom stereocenters. The van der Waals surface area contributed by atoms with Gasteiger partial charge in [0.25, 0.3) is 0 Å². The Balaban J connectivity index is 2.05. The van der Waals surface area contributed by atoms with Gasteiger partial charge in [-0.15, -0.1) is 0 Å². The average molecular weight is 306 g/mol. The van der Waals surface area contributed by atoms with Crippen molar-refractivity contribution in [1.29, 1.82) is 0 Å². The summed E-state index contributed by atoms with van der Waals surface area (Å²) in [6.45, 7) is 0. The van der Waals surface area contributed by atoms with E-state index in [1.54, 1.807) is 24.3 Å². The third-order valence-electron chi connectivity index (χ3n) is 3.42. The van der Waals surface area contributed by atoms with Crippen molar-refractivity contribution in [3.05, 3.63) is 76.5 Å². The van der Waals surface area contributed by atoms with Gasteiger partial charge in [0.2, 0.25) is 0 Å².